The Balaban J connectivity index is 1.73. The van der Waals surface area contributed by atoms with Gasteiger partial charge in [0.15, 0.2) is 0 Å². The molecule has 0 saturated heterocycles. The molecule has 0 aliphatic heterocycles. The van der Waals surface area contributed by atoms with Crippen molar-refractivity contribution in [2.24, 2.45) is 0 Å². The second-order valence-corrected chi connectivity index (χ2v) is 6.92. The summed E-state index contributed by atoms with van der Waals surface area (Å²) in [5.41, 5.74) is 0.0109. The molecule has 0 atom stereocenters. The van der Waals surface area contributed by atoms with Crippen LogP contribution in [0.15, 0.2) is 36.4 Å². The molecule has 1 amide bonds. The van der Waals surface area contributed by atoms with E-state index in [1.165, 1.54) is 24.3 Å². The lowest BCUT2D eigenvalue weighted by atomic mass is 10.2. The number of hydrogen-bond donors (Lipinski definition) is 1. The number of benzene rings is 2. The number of aromatic nitrogens is 1. The molecule has 1 heterocycles. The number of alkyl halides is 3. The first-order chi connectivity index (χ1) is 12.2. The number of carbonyl (C=O) groups excluding carboxylic acids is 1. The lowest BCUT2D eigenvalue weighted by Gasteiger charge is -2.08. The Morgan fingerprint density at radius 2 is 2.04 bits per heavy atom. The topological polar surface area (TPSA) is 51.2 Å². The highest BCUT2D eigenvalue weighted by molar-refractivity contribution is 7.18. The Kier molecular flexibility index (Phi) is 5.06. The van der Waals surface area contributed by atoms with E-state index >= 15 is 0 Å². The number of nitrogens with one attached hydrogen (secondary N) is 1. The number of nitrogens with zero attached hydrogens (tertiary/aromatic N) is 1. The van der Waals surface area contributed by atoms with Gasteiger partial charge in [0, 0.05) is 13.0 Å². The molecule has 1 aromatic heterocycles. The van der Waals surface area contributed by atoms with Crippen LogP contribution in [0.5, 0.6) is 5.75 Å². The predicted octanol–water partition coefficient (Wildman–Crippen LogP) is 5.51. The normalized spacial score (nSPS) is 11.6. The molecule has 9 heteroatoms. The first-order valence-corrected chi connectivity index (χ1v) is 8.58. The SMILES string of the molecule is CC(=O)Nc1ccc(OCc2nc3cc(C(F)(F)F)ccc3s2)cc1Cl. The summed E-state index contributed by atoms with van der Waals surface area (Å²) in [7, 11) is 0. The van der Waals surface area contributed by atoms with E-state index in [0.29, 0.717) is 26.2 Å². The Morgan fingerprint density at radius 1 is 1.27 bits per heavy atom. The highest BCUT2D eigenvalue weighted by atomic mass is 35.5. The Bertz CT molecular complexity index is 972. The van der Waals surface area contributed by atoms with Gasteiger partial charge in [-0.3, -0.25) is 4.79 Å². The van der Waals surface area contributed by atoms with Crippen LogP contribution in [0.4, 0.5) is 18.9 Å². The molecule has 3 aromatic rings. The van der Waals surface area contributed by atoms with Crippen molar-refractivity contribution < 1.29 is 22.7 Å². The molecule has 3 rings (SSSR count). The second kappa shape index (κ2) is 7.13. The quantitative estimate of drug-likeness (QED) is 0.628. The maximum absolute atomic E-state index is 12.8. The number of hydrogen-bond acceptors (Lipinski definition) is 4. The number of rotatable bonds is 4. The van der Waals surface area contributed by atoms with Gasteiger partial charge in [0.2, 0.25) is 5.91 Å². The predicted molar refractivity (Wildman–Crippen MR) is 94.7 cm³/mol. The van der Waals surface area contributed by atoms with Gasteiger partial charge in [0.05, 0.1) is 26.5 Å². The smallest absolute Gasteiger partial charge is 0.416 e. The van der Waals surface area contributed by atoms with E-state index in [2.05, 4.69) is 10.3 Å². The zero-order chi connectivity index (χ0) is 18.9. The van der Waals surface area contributed by atoms with Crippen molar-refractivity contribution in [2.75, 3.05) is 5.32 Å². The van der Waals surface area contributed by atoms with Crippen LogP contribution >= 0.6 is 22.9 Å². The van der Waals surface area contributed by atoms with Gasteiger partial charge in [0.25, 0.3) is 0 Å². The fraction of sp³-hybridized carbons (Fsp3) is 0.176. The molecule has 26 heavy (non-hydrogen) atoms. The van der Waals surface area contributed by atoms with E-state index in [1.807, 2.05) is 0 Å². The number of fused-ring (bicyclic) bond motifs is 1. The summed E-state index contributed by atoms with van der Waals surface area (Å²) in [5, 5.41) is 3.44. The number of thiazole rings is 1. The van der Waals surface area contributed by atoms with Gasteiger partial charge in [-0.1, -0.05) is 11.6 Å². The van der Waals surface area contributed by atoms with Crippen LogP contribution in [0.3, 0.4) is 0 Å². The minimum Gasteiger partial charge on any atom is -0.486 e. The minimum absolute atomic E-state index is 0.0938. The van der Waals surface area contributed by atoms with Gasteiger partial charge < -0.3 is 10.1 Å². The van der Waals surface area contributed by atoms with Crippen LogP contribution in [0.2, 0.25) is 5.02 Å². The largest absolute Gasteiger partial charge is 0.486 e. The standard InChI is InChI=1S/C17H12ClF3N2O2S/c1-9(24)22-13-4-3-11(7-12(13)18)25-8-16-23-14-6-10(17(19,20)21)2-5-15(14)26-16/h2-7H,8H2,1H3,(H,22,24). The lowest BCUT2D eigenvalue weighted by Crippen LogP contribution is -2.06. The lowest BCUT2D eigenvalue weighted by molar-refractivity contribution is -0.137. The average molecular weight is 401 g/mol. The Morgan fingerprint density at radius 3 is 2.69 bits per heavy atom. The van der Waals surface area contributed by atoms with E-state index in [1.54, 1.807) is 18.2 Å². The molecule has 0 spiro atoms. The molecular formula is C17H12ClF3N2O2S. The van der Waals surface area contributed by atoms with E-state index in [4.69, 9.17) is 16.3 Å². The molecule has 0 bridgehead atoms. The molecule has 0 unspecified atom stereocenters. The van der Waals surface area contributed by atoms with Crippen molar-refractivity contribution in [3.05, 3.63) is 52.0 Å². The molecule has 4 nitrogen and oxygen atoms in total. The highest BCUT2D eigenvalue weighted by Gasteiger charge is 2.30. The van der Waals surface area contributed by atoms with E-state index in [-0.39, 0.29) is 18.0 Å². The zero-order valence-corrected chi connectivity index (χ0v) is 14.9. The number of carbonyl (C=O) groups is 1. The molecular weight excluding hydrogens is 389 g/mol. The van der Waals surface area contributed by atoms with Crippen molar-refractivity contribution in [3.63, 3.8) is 0 Å². The molecule has 0 fully saturated rings. The number of halogens is 4. The second-order valence-electron chi connectivity index (χ2n) is 5.40. The van der Waals surface area contributed by atoms with E-state index < -0.39 is 11.7 Å². The molecule has 0 radical (unpaired) electrons. The average Bonchev–Trinajstić information content (AvgIpc) is 2.96. The van der Waals surface area contributed by atoms with Crippen LogP contribution in [0, 0.1) is 0 Å². The van der Waals surface area contributed by atoms with Crippen LogP contribution in [-0.4, -0.2) is 10.9 Å². The van der Waals surface area contributed by atoms with Crippen molar-refractivity contribution in [1.82, 2.24) is 4.98 Å². The fourth-order valence-corrected chi connectivity index (χ4v) is 3.31. The summed E-state index contributed by atoms with van der Waals surface area (Å²) in [5.74, 6) is 0.215. The Hall–Kier alpha value is -2.32. The third-order valence-electron chi connectivity index (χ3n) is 3.37. The van der Waals surface area contributed by atoms with Gasteiger partial charge in [-0.15, -0.1) is 11.3 Å². The van der Waals surface area contributed by atoms with Crippen LogP contribution in [0.1, 0.15) is 17.5 Å². The van der Waals surface area contributed by atoms with Crippen molar-refractivity contribution in [3.8, 4) is 5.75 Å². The number of ether oxygens (including phenoxy) is 1. The number of anilines is 1. The van der Waals surface area contributed by atoms with Crippen molar-refractivity contribution in [2.45, 2.75) is 19.7 Å². The summed E-state index contributed by atoms with van der Waals surface area (Å²) in [6.07, 6.45) is -4.40. The van der Waals surface area contributed by atoms with Gasteiger partial charge >= 0.3 is 6.18 Å². The summed E-state index contributed by atoms with van der Waals surface area (Å²) in [4.78, 5) is 15.2. The summed E-state index contributed by atoms with van der Waals surface area (Å²) < 4.78 is 44.5. The maximum Gasteiger partial charge on any atom is 0.416 e. The van der Waals surface area contributed by atoms with Gasteiger partial charge in [-0.2, -0.15) is 13.2 Å². The van der Waals surface area contributed by atoms with Crippen LogP contribution < -0.4 is 10.1 Å². The third-order valence-corrected chi connectivity index (χ3v) is 4.70. The summed E-state index contributed by atoms with van der Waals surface area (Å²) in [6.45, 7) is 1.47. The van der Waals surface area contributed by atoms with Crippen molar-refractivity contribution in [1.29, 1.82) is 0 Å². The van der Waals surface area contributed by atoms with Crippen LogP contribution in [-0.2, 0) is 17.6 Å². The zero-order valence-electron chi connectivity index (χ0n) is 13.4. The number of amides is 1. The molecule has 0 aliphatic carbocycles. The molecule has 136 valence electrons. The van der Waals surface area contributed by atoms with Gasteiger partial charge in [-0.05, 0) is 30.3 Å². The fourth-order valence-electron chi connectivity index (χ4n) is 2.23. The summed E-state index contributed by atoms with van der Waals surface area (Å²) in [6, 6.07) is 8.24. The molecule has 1 N–H and O–H groups in total. The summed E-state index contributed by atoms with van der Waals surface area (Å²) >= 11 is 7.32. The molecule has 0 aliphatic rings. The van der Waals surface area contributed by atoms with Gasteiger partial charge in [-0.25, -0.2) is 4.98 Å². The van der Waals surface area contributed by atoms with Crippen molar-refractivity contribution >= 4 is 44.7 Å². The van der Waals surface area contributed by atoms with Gasteiger partial charge in [0.1, 0.15) is 17.4 Å². The molecule has 0 saturated carbocycles. The Labute approximate surface area is 155 Å². The highest BCUT2D eigenvalue weighted by Crippen LogP contribution is 2.33. The van der Waals surface area contributed by atoms with E-state index in [0.717, 1.165) is 12.1 Å². The van der Waals surface area contributed by atoms with E-state index in [9.17, 15) is 18.0 Å². The maximum atomic E-state index is 12.8. The third kappa shape index (κ3) is 4.25. The minimum atomic E-state index is -4.40. The van der Waals surface area contributed by atoms with Crippen LogP contribution in [0.25, 0.3) is 10.2 Å². The molecule has 2 aromatic carbocycles. The monoisotopic (exact) mass is 400 g/mol. The first kappa shape index (κ1) is 18.5. The first-order valence-electron chi connectivity index (χ1n) is 7.39.